The van der Waals surface area contributed by atoms with Crippen LogP contribution >= 0.6 is 11.3 Å². The van der Waals surface area contributed by atoms with E-state index in [-0.39, 0.29) is 5.82 Å². The summed E-state index contributed by atoms with van der Waals surface area (Å²) in [7, 11) is 1.31. The Hall–Kier alpha value is -2.02. The van der Waals surface area contributed by atoms with E-state index < -0.39 is 5.97 Å². The molecule has 0 bridgehead atoms. The molecular formula is C13H16N4O2S. The first-order valence-corrected chi connectivity index (χ1v) is 7.05. The van der Waals surface area contributed by atoms with E-state index in [0.29, 0.717) is 18.1 Å². The van der Waals surface area contributed by atoms with Crippen LogP contribution in [0.5, 0.6) is 0 Å². The molecule has 1 N–H and O–H groups in total. The number of ether oxygens (including phenoxy) is 1. The van der Waals surface area contributed by atoms with Crippen LogP contribution in [0.1, 0.15) is 33.1 Å². The lowest BCUT2D eigenvalue weighted by Gasteiger charge is -2.06. The van der Waals surface area contributed by atoms with E-state index in [1.165, 1.54) is 12.0 Å². The number of nitrogens with one attached hydrogen (secondary N) is 1. The van der Waals surface area contributed by atoms with Crippen molar-refractivity contribution >= 4 is 23.1 Å². The summed E-state index contributed by atoms with van der Waals surface area (Å²) in [6.45, 7) is 4.47. The van der Waals surface area contributed by atoms with E-state index in [4.69, 9.17) is 0 Å². The Balaban J connectivity index is 2.09. The van der Waals surface area contributed by atoms with Crippen LogP contribution < -0.4 is 5.32 Å². The largest absolute Gasteiger partial charge is 0.463 e. The molecule has 20 heavy (non-hydrogen) atoms. The predicted molar refractivity (Wildman–Crippen MR) is 76.9 cm³/mol. The van der Waals surface area contributed by atoms with Crippen LogP contribution in [0.15, 0.2) is 12.3 Å². The summed E-state index contributed by atoms with van der Waals surface area (Å²) < 4.78 is 4.62. The highest BCUT2D eigenvalue weighted by atomic mass is 32.1. The third-order valence-electron chi connectivity index (χ3n) is 2.59. The van der Waals surface area contributed by atoms with Crippen molar-refractivity contribution in [2.45, 2.75) is 26.8 Å². The fourth-order valence-corrected chi connectivity index (χ4v) is 2.40. The number of hydrogen-bond acceptors (Lipinski definition) is 7. The lowest BCUT2D eigenvalue weighted by Crippen LogP contribution is -2.11. The van der Waals surface area contributed by atoms with Gasteiger partial charge in [-0.3, -0.25) is 0 Å². The van der Waals surface area contributed by atoms with Crippen LogP contribution in [0.2, 0.25) is 0 Å². The van der Waals surface area contributed by atoms with Crippen molar-refractivity contribution in [2.75, 3.05) is 12.4 Å². The Morgan fingerprint density at radius 1 is 1.45 bits per heavy atom. The van der Waals surface area contributed by atoms with Crippen LogP contribution in [0.3, 0.4) is 0 Å². The number of thiazole rings is 1. The quantitative estimate of drug-likeness (QED) is 0.851. The number of aryl methyl sites for hydroxylation is 2. The zero-order valence-electron chi connectivity index (χ0n) is 11.6. The van der Waals surface area contributed by atoms with E-state index in [2.05, 4.69) is 31.9 Å². The monoisotopic (exact) mass is 292 g/mol. The molecule has 0 radical (unpaired) electrons. The summed E-state index contributed by atoms with van der Waals surface area (Å²) in [5.41, 5.74) is 0.705. The zero-order chi connectivity index (χ0) is 14.5. The number of rotatable bonds is 5. The minimum Gasteiger partial charge on any atom is -0.463 e. The normalized spacial score (nSPS) is 10.3. The van der Waals surface area contributed by atoms with Gasteiger partial charge in [-0.05, 0) is 13.3 Å². The number of aromatic nitrogens is 3. The lowest BCUT2D eigenvalue weighted by atomic mass is 10.4. The molecule has 0 aromatic carbocycles. The molecule has 2 aromatic rings. The molecule has 0 saturated heterocycles. The summed E-state index contributed by atoms with van der Waals surface area (Å²) in [5, 5.41) is 4.13. The third-order valence-corrected chi connectivity index (χ3v) is 3.73. The van der Waals surface area contributed by atoms with E-state index in [1.807, 2.05) is 6.20 Å². The second-order valence-corrected chi connectivity index (χ2v) is 5.34. The Morgan fingerprint density at radius 2 is 2.25 bits per heavy atom. The zero-order valence-corrected chi connectivity index (χ0v) is 12.5. The Morgan fingerprint density at radius 3 is 2.90 bits per heavy atom. The number of esters is 1. The van der Waals surface area contributed by atoms with Gasteiger partial charge in [0.2, 0.25) is 5.82 Å². The number of anilines is 1. The van der Waals surface area contributed by atoms with E-state index >= 15 is 0 Å². The van der Waals surface area contributed by atoms with Gasteiger partial charge in [0.15, 0.2) is 0 Å². The van der Waals surface area contributed by atoms with Crippen molar-refractivity contribution < 1.29 is 9.53 Å². The first-order valence-electron chi connectivity index (χ1n) is 6.23. The second-order valence-electron chi connectivity index (χ2n) is 4.14. The molecule has 6 nitrogen and oxygen atoms in total. The molecule has 0 aliphatic rings. The molecule has 0 spiro atoms. The van der Waals surface area contributed by atoms with Gasteiger partial charge < -0.3 is 10.1 Å². The van der Waals surface area contributed by atoms with Crippen molar-refractivity contribution in [3.05, 3.63) is 33.7 Å². The van der Waals surface area contributed by atoms with Crippen LogP contribution in [0.25, 0.3) is 0 Å². The molecule has 2 heterocycles. The highest BCUT2D eigenvalue weighted by Crippen LogP contribution is 2.15. The van der Waals surface area contributed by atoms with Gasteiger partial charge in [-0.15, -0.1) is 11.3 Å². The predicted octanol–water partition coefficient (Wildman–Crippen LogP) is 2.20. The molecule has 0 aliphatic heterocycles. The molecule has 2 aromatic heterocycles. The SMILES string of the molecule is CCc1cnc(CNc2cc(C)nc(C(=O)OC)n2)s1. The fourth-order valence-electron chi connectivity index (χ4n) is 1.60. The highest BCUT2D eigenvalue weighted by Gasteiger charge is 2.11. The lowest BCUT2D eigenvalue weighted by molar-refractivity contribution is 0.0586. The van der Waals surface area contributed by atoms with Gasteiger partial charge in [0, 0.05) is 22.8 Å². The number of nitrogens with zero attached hydrogens (tertiary/aromatic N) is 3. The molecule has 0 fully saturated rings. The average Bonchev–Trinajstić information content (AvgIpc) is 2.91. The van der Waals surface area contributed by atoms with Crippen molar-refractivity contribution in [3.63, 3.8) is 0 Å². The summed E-state index contributed by atoms with van der Waals surface area (Å²) in [5.74, 6) is 0.105. The number of carbonyl (C=O) groups excluding carboxylic acids is 1. The van der Waals surface area contributed by atoms with Crippen molar-refractivity contribution in [3.8, 4) is 0 Å². The molecule has 0 amide bonds. The van der Waals surface area contributed by atoms with Gasteiger partial charge in [0.25, 0.3) is 0 Å². The minimum atomic E-state index is -0.542. The smallest absolute Gasteiger partial charge is 0.376 e. The van der Waals surface area contributed by atoms with Crippen molar-refractivity contribution in [1.29, 1.82) is 0 Å². The molecule has 106 valence electrons. The summed E-state index contributed by atoms with van der Waals surface area (Å²) in [4.78, 5) is 25.2. The molecule has 0 aliphatic carbocycles. The Kier molecular flexibility index (Phi) is 4.62. The maximum Gasteiger partial charge on any atom is 0.376 e. The van der Waals surface area contributed by atoms with Gasteiger partial charge in [-0.2, -0.15) is 0 Å². The number of methoxy groups -OCH3 is 1. The van der Waals surface area contributed by atoms with Crippen LogP contribution in [-0.4, -0.2) is 28.0 Å². The fraction of sp³-hybridized carbons (Fsp3) is 0.385. The second kappa shape index (κ2) is 6.42. The number of carbonyl (C=O) groups is 1. The Bertz CT molecular complexity index is 612. The summed E-state index contributed by atoms with van der Waals surface area (Å²) in [6.07, 6.45) is 2.86. The highest BCUT2D eigenvalue weighted by molar-refractivity contribution is 7.11. The van der Waals surface area contributed by atoms with Crippen LogP contribution in [-0.2, 0) is 17.7 Å². The van der Waals surface area contributed by atoms with E-state index in [1.54, 1.807) is 24.3 Å². The first-order chi connectivity index (χ1) is 9.62. The molecule has 7 heteroatoms. The summed E-state index contributed by atoms with van der Waals surface area (Å²) >= 11 is 1.66. The van der Waals surface area contributed by atoms with E-state index in [0.717, 1.165) is 11.4 Å². The summed E-state index contributed by atoms with van der Waals surface area (Å²) in [6, 6.07) is 1.78. The van der Waals surface area contributed by atoms with Gasteiger partial charge in [0.05, 0.1) is 13.7 Å². The maximum absolute atomic E-state index is 11.4. The standard InChI is InChI=1S/C13H16N4O2S/c1-4-9-6-15-11(20-9)7-14-10-5-8(2)16-12(17-10)13(18)19-3/h5-6H,4,7H2,1-3H3,(H,14,16,17). The third kappa shape index (κ3) is 3.51. The minimum absolute atomic E-state index is 0.0587. The molecule has 0 atom stereocenters. The average molecular weight is 292 g/mol. The molecule has 0 unspecified atom stereocenters. The van der Waals surface area contributed by atoms with E-state index in [9.17, 15) is 4.79 Å². The van der Waals surface area contributed by atoms with Crippen LogP contribution in [0, 0.1) is 6.92 Å². The maximum atomic E-state index is 11.4. The van der Waals surface area contributed by atoms with Gasteiger partial charge >= 0.3 is 5.97 Å². The van der Waals surface area contributed by atoms with Gasteiger partial charge in [0.1, 0.15) is 10.8 Å². The van der Waals surface area contributed by atoms with Gasteiger partial charge in [-0.25, -0.2) is 19.7 Å². The topological polar surface area (TPSA) is 77.0 Å². The first kappa shape index (κ1) is 14.4. The molecule has 0 saturated carbocycles. The molecule has 2 rings (SSSR count). The van der Waals surface area contributed by atoms with Crippen molar-refractivity contribution in [1.82, 2.24) is 15.0 Å². The van der Waals surface area contributed by atoms with Crippen LogP contribution in [0.4, 0.5) is 5.82 Å². The van der Waals surface area contributed by atoms with Gasteiger partial charge in [-0.1, -0.05) is 6.92 Å². The number of hydrogen-bond donors (Lipinski definition) is 1. The van der Waals surface area contributed by atoms with Crippen molar-refractivity contribution in [2.24, 2.45) is 0 Å². The molecular weight excluding hydrogens is 276 g/mol. The Labute approximate surface area is 121 Å².